The molecule has 0 radical (unpaired) electrons. The van der Waals surface area contributed by atoms with E-state index in [9.17, 15) is 44.3 Å². The fraction of sp³-hybridized carbons (Fsp3) is 0.574. The molecule has 0 spiro atoms. The molecule has 386 valence electrons. The number of ether oxygens (including phenoxy) is 5. The number of rotatable bonds is 31. The molecule has 3 aliphatic rings. The predicted molar refractivity (Wildman–Crippen MR) is 260 cm³/mol. The zero-order valence-corrected chi connectivity index (χ0v) is 42.8. The van der Waals surface area contributed by atoms with E-state index in [1.165, 1.54) is 12.1 Å². The zero-order valence-electron chi connectivity index (χ0n) is 40.4. The maximum atomic E-state index is 12.3. The third kappa shape index (κ3) is 18.2. The van der Waals surface area contributed by atoms with Gasteiger partial charge in [0.05, 0.1) is 82.4 Å². The van der Waals surface area contributed by atoms with E-state index in [0.29, 0.717) is 94.5 Å². The van der Waals surface area contributed by atoms with Crippen LogP contribution in [0.3, 0.4) is 0 Å². The number of anilines is 1. The van der Waals surface area contributed by atoms with Crippen molar-refractivity contribution >= 4 is 48.1 Å². The van der Waals surface area contributed by atoms with Crippen molar-refractivity contribution in [1.82, 2.24) is 4.58 Å². The van der Waals surface area contributed by atoms with Gasteiger partial charge in [-0.25, -0.2) is 4.58 Å². The van der Waals surface area contributed by atoms with Crippen molar-refractivity contribution in [2.75, 3.05) is 110 Å². The van der Waals surface area contributed by atoms with E-state index in [0.717, 1.165) is 23.6 Å². The molecule has 0 amide bonds. The molecule has 19 nitrogen and oxygen atoms in total. The van der Waals surface area contributed by atoms with Gasteiger partial charge in [-0.1, -0.05) is 26.8 Å². The Hall–Kier alpha value is -4.07. The van der Waals surface area contributed by atoms with Crippen LogP contribution in [0, 0.1) is 0 Å². The van der Waals surface area contributed by atoms with Gasteiger partial charge >= 0.3 is 5.97 Å². The Labute approximate surface area is 406 Å². The van der Waals surface area contributed by atoms with Crippen LogP contribution in [0.25, 0.3) is 17.4 Å². The summed E-state index contributed by atoms with van der Waals surface area (Å²) in [5.41, 5.74) is 2.21. The first-order valence-corrected chi connectivity index (χ1v) is 27.3. The second-order valence-corrected chi connectivity index (χ2v) is 22.5. The van der Waals surface area contributed by atoms with Crippen molar-refractivity contribution in [2.45, 2.75) is 75.5 Å². The van der Waals surface area contributed by atoms with E-state index in [1.54, 1.807) is 25.3 Å². The summed E-state index contributed by atoms with van der Waals surface area (Å²) in [6, 6.07) is 11.9. The molecular formula is C47H69N2O17S3+. The number of carboxylic acid groups (broad SMARTS) is 1. The van der Waals surface area contributed by atoms with Crippen molar-refractivity contribution in [3.63, 3.8) is 0 Å². The van der Waals surface area contributed by atoms with Crippen LogP contribution in [0.5, 0.6) is 0 Å². The van der Waals surface area contributed by atoms with E-state index in [1.807, 2.05) is 46.7 Å². The summed E-state index contributed by atoms with van der Waals surface area (Å²) in [5.74, 6) is -0.717. The van der Waals surface area contributed by atoms with Gasteiger partial charge in [-0.3, -0.25) is 18.1 Å². The first-order chi connectivity index (χ1) is 32.5. The standard InChI is InChI=1S/C47H68N2O17S3/c1-46(2,3)40-34-37(11-7-12-44-47(4,18-8-13-45(50)51)41-35-38(69(57,58)59)15-17-42(41)49(44)20-10-32-68(55,56)61-6)66-43-33-36(14-16-39(40)43)48(19-9-31-67(52,53)54)21-22-62-25-26-64-29-30-65-28-27-63-24-23-60-5/h7,11-12,14-17,33-35H,8-10,13,18-32H2,1-6H3,(H2-,50,51,52,53,54,57,58,59)/p+1. The summed E-state index contributed by atoms with van der Waals surface area (Å²) in [4.78, 5) is 13.2. The topological polar surface area (TPSA) is 255 Å². The molecule has 69 heavy (non-hydrogen) atoms. The Morgan fingerprint density at radius 1 is 0.797 bits per heavy atom. The van der Waals surface area contributed by atoms with Crippen LogP contribution in [-0.4, -0.2) is 150 Å². The highest BCUT2D eigenvalue weighted by atomic mass is 32.2. The number of hydrogen-bond acceptors (Lipinski definition) is 15. The summed E-state index contributed by atoms with van der Waals surface area (Å²) < 4.78 is 133. The van der Waals surface area contributed by atoms with Gasteiger partial charge in [-0.15, -0.1) is 0 Å². The molecule has 2 heterocycles. The number of aliphatic carboxylic acids is 1. The van der Waals surface area contributed by atoms with Crippen LogP contribution in [-0.2, 0) is 73.8 Å². The lowest BCUT2D eigenvalue weighted by atomic mass is 9.77. The number of allylic oxidation sites excluding steroid dienone is 3. The fourth-order valence-corrected chi connectivity index (χ4v) is 9.64. The Balaban J connectivity index is 1.68. The first-order valence-electron chi connectivity index (χ1n) is 22.7. The number of fused-ring (bicyclic) bond motifs is 2. The summed E-state index contributed by atoms with van der Waals surface area (Å²) >= 11 is 0. The molecule has 4 rings (SSSR count). The lowest BCUT2D eigenvalue weighted by molar-refractivity contribution is -0.137. The van der Waals surface area contributed by atoms with Gasteiger partial charge in [0.1, 0.15) is 24.7 Å². The van der Waals surface area contributed by atoms with Crippen molar-refractivity contribution in [3.05, 3.63) is 82.6 Å². The van der Waals surface area contributed by atoms with Crippen LogP contribution in [0.2, 0.25) is 0 Å². The predicted octanol–water partition coefficient (Wildman–Crippen LogP) is 4.99. The summed E-state index contributed by atoms with van der Waals surface area (Å²) in [7, 11) is -9.94. The van der Waals surface area contributed by atoms with Gasteiger partial charge in [0.2, 0.25) is 5.36 Å². The molecule has 2 aliphatic heterocycles. The average Bonchev–Trinajstić information content (AvgIpc) is 3.49. The van der Waals surface area contributed by atoms with Gasteiger partial charge < -0.3 is 38.1 Å². The smallest absolute Gasteiger partial charge is 0.303 e. The minimum absolute atomic E-state index is 0.135. The van der Waals surface area contributed by atoms with E-state index in [4.69, 9.17) is 28.1 Å². The van der Waals surface area contributed by atoms with Crippen molar-refractivity contribution in [1.29, 1.82) is 0 Å². The van der Waals surface area contributed by atoms with Crippen LogP contribution in [0.4, 0.5) is 5.69 Å². The van der Waals surface area contributed by atoms with Crippen LogP contribution in [0.1, 0.15) is 76.7 Å². The second kappa shape index (κ2) is 26.4. The first kappa shape index (κ1) is 57.5. The lowest BCUT2D eigenvalue weighted by Gasteiger charge is -2.30. The molecule has 0 bridgehead atoms. The minimum Gasteiger partial charge on any atom is -0.481 e. The highest BCUT2D eigenvalue weighted by Gasteiger charge is 2.43. The summed E-state index contributed by atoms with van der Waals surface area (Å²) in [6.07, 6.45) is 5.95. The van der Waals surface area contributed by atoms with Gasteiger partial charge in [0.25, 0.3) is 30.4 Å². The lowest BCUT2D eigenvalue weighted by Crippen LogP contribution is -2.35. The van der Waals surface area contributed by atoms with Crippen molar-refractivity contribution in [2.24, 2.45) is 0 Å². The van der Waals surface area contributed by atoms with Crippen LogP contribution >= 0.6 is 0 Å². The molecule has 0 aromatic heterocycles. The van der Waals surface area contributed by atoms with Gasteiger partial charge in [-0.05, 0) is 85.2 Å². The van der Waals surface area contributed by atoms with Crippen LogP contribution < -0.4 is 14.8 Å². The molecule has 0 saturated heterocycles. The highest BCUT2D eigenvalue weighted by molar-refractivity contribution is 7.86. The largest absolute Gasteiger partial charge is 0.481 e. The maximum absolute atomic E-state index is 12.3. The van der Waals surface area contributed by atoms with E-state index in [-0.39, 0.29) is 61.3 Å². The van der Waals surface area contributed by atoms with Gasteiger partial charge in [0.15, 0.2) is 6.54 Å². The molecule has 1 aliphatic carbocycles. The Morgan fingerprint density at radius 2 is 1.43 bits per heavy atom. The summed E-state index contributed by atoms with van der Waals surface area (Å²) in [5, 5.41) is 10.3. The average molecular weight is 1030 g/mol. The van der Waals surface area contributed by atoms with Crippen molar-refractivity contribution in [3.8, 4) is 11.3 Å². The third-order valence-corrected chi connectivity index (χ3v) is 14.4. The quantitative estimate of drug-likeness (QED) is 0.0332. The van der Waals surface area contributed by atoms with E-state index < -0.39 is 47.5 Å². The SMILES string of the molecule is COCCOCCOCCOCCOCC[N+](CCCS(=O)(=O)O)=c1ccc2c(C(C)(C)C)cc(C=CC=C3N(CCCS(=O)(=O)OC)c4ccc(S(=O)(=O)O)cc4C3(C)CCCC(=O)O)oc-2c1. The zero-order chi connectivity index (χ0) is 50.9. The maximum Gasteiger partial charge on any atom is 0.303 e. The minimum atomic E-state index is -4.62. The van der Waals surface area contributed by atoms with E-state index >= 15 is 0 Å². The number of methoxy groups -OCH3 is 1. The fourth-order valence-electron chi connectivity index (χ4n) is 7.99. The Kier molecular flexibility index (Phi) is 22.0. The molecule has 1 aromatic rings. The monoisotopic (exact) mass is 1030 g/mol. The normalized spacial score (nSPS) is 16.8. The molecule has 1 aromatic carbocycles. The number of carboxylic acids is 1. The molecule has 1 unspecified atom stereocenters. The van der Waals surface area contributed by atoms with E-state index in [2.05, 4.69) is 25.0 Å². The number of hydrogen-bond donors (Lipinski definition) is 3. The molecular weight excluding hydrogens is 961 g/mol. The molecule has 0 saturated carbocycles. The number of benzene rings is 2. The van der Waals surface area contributed by atoms with Crippen molar-refractivity contribution < 1.29 is 76.5 Å². The Bertz CT molecular complexity index is 2600. The number of nitrogens with zero attached hydrogens (tertiary/aromatic N) is 2. The van der Waals surface area contributed by atoms with Gasteiger partial charge in [0, 0.05) is 54.9 Å². The molecule has 0 fully saturated rings. The highest BCUT2D eigenvalue weighted by Crippen LogP contribution is 2.51. The molecule has 22 heteroatoms. The molecule has 1 atom stereocenters. The molecule has 3 N–H and O–H groups in total. The Morgan fingerprint density at radius 3 is 2.01 bits per heavy atom. The summed E-state index contributed by atoms with van der Waals surface area (Å²) in [6.45, 7) is 12.6. The second-order valence-electron chi connectivity index (χ2n) is 17.6. The number of carbonyl (C=O) groups is 1. The third-order valence-electron chi connectivity index (χ3n) is 11.4. The van der Waals surface area contributed by atoms with Gasteiger partial charge in [-0.2, -0.15) is 25.3 Å². The van der Waals surface area contributed by atoms with Crippen LogP contribution in [0.15, 0.2) is 69.6 Å².